The fourth-order valence-electron chi connectivity index (χ4n) is 3.22. The van der Waals surface area contributed by atoms with E-state index in [1.807, 2.05) is 29.2 Å². The molecule has 0 bridgehead atoms. The molecule has 140 valence electrons. The summed E-state index contributed by atoms with van der Waals surface area (Å²) in [6.45, 7) is 0.916. The summed E-state index contributed by atoms with van der Waals surface area (Å²) >= 11 is 5.93. The summed E-state index contributed by atoms with van der Waals surface area (Å²) in [4.78, 5) is 20.1. The van der Waals surface area contributed by atoms with Crippen molar-refractivity contribution < 1.29 is 14.0 Å². The highest BCUT2D eigenvalue weighted by molar-refractivity contribution is 6.30. The standard InChI is InChI=1S/C21H20ClFN2O2/c22-17-7-5-15(6-8-17)20-11-19(27-24-20)13-25(21(26)16-3-4-16)12-14-1-9-18(23)10-2-14/h1-2,5-10,16,19H,3-4,11-13H2. The molecule has 6 heteroatoms. The highest BCUT2D eigenvalue weighted by Crippen LogP contribution is 2.32. The van der Waals surface area contributed by atoms with Crippen LogP contribution in [0, 0.1) is 11.7 Å². The summed E-state index contributed by atoms with van der Waals surface area (Å²) in [5, 5.41) is 4.87. The third kappa shape index (κ3) is 4.48. The number of hydrogen-bond acceptors (Lipinski definition) is 3. The first kappa shape index (κ1) is 18.0. The summed E-state index contributed by atoms with van der Waals surface area (Å²) in [6, 6.07) is 13.7. The molecule has 0 aromatic heterocycles. The monoisotopic (exact) mass is 386 g/mol. The Labute approximate surface area is 162 Å². The van der Waals surface area contributed by atoms with Gasteiger partial charge in [0, 0.05) is 23.9 Å². The van der Waals surface area contributed by atoms with E-state index < -0.39 is 0 Å². The number of halogens is 2. The molecule has 2 aromatic rings. The normalized spacial score (nSPS) is 18.7. The van der Waals surface area contributed by atoms with Crippen LogP contribution in [0.15, 0.2) is 53.7 Å². The van der Waals surface area contributed by atoms with Gasteiger partial charge in [-0.25, -0.2) is 4.39 Å². The summed E-state index contributed by atoms with van der Waals surface area (Å²) < 4.78 is 13.2. The highest BCUT2D eigenvalue weighted by atomic mass is 35.5. The molecule has 1 atom stereocenters. The smallest absolute Gasteiger partial charge is 0.226 e. The highest BCUT2D eigenvalue weighted by Gasteiger charge is 2.35. The minimum atomic E-state index is -0.279. The maximum atomic E-state index is 13.2. The Hall–Kier alpha value is -2.40. The lowest BCUT2D eigenvalue weighted by Crippen LogP contribution is -2.38. The van der Waals surface area contributed by atoms with Crippen molar-refractivity contribution in [2.75, 3.05) is 6.54 Å². The van der Waals surface area contributed by atoms with Gasteiger partial charge in [-0.1, -0.05) is 41.0 Å². The molecule has 1 aliphatic carbocycles. The van der Waals surface area contributed by atoms with Gasteiger partial charge in [0.2, 0.25) is 5.91 Å². The zero-order chi connectivity index (χ0) is 18.8. The molecule has 4 rings (SSSR count). The lowest BCUT2D eigenvalue weighted by Gasteiger charge is -2.25. The predicted octanol–water partition coefficient (Wildman–Crippen LogP) is 4.41. The zero-order valence-electron chi connectivity index (χ0n) is 14.8. The third-order valence-corrected chi connectivity index (χ3v) is 5.11. The molecule has 1 heterocycles. The molecule has 1 amide bonds. The molecule has 0 radical (unpaired) electrons. The summed E-state index contributed by atoms with van der Waals surface area (Å²) in [7, 11) is 0. The van der Waals surface area contributed by atoms with Crippen LogP contribution in [-0.4, -0.2) is 29.2 Å². The number of amides is 1. The maximum absolute atomic E-state index is 13.2. The van der Waals surface area contributed by atoms with E-state index in [9.17, 15) is 9.18 Å². The first-order valence-corrected chi connectivity index (χ1v) is 9.48. The molecule has 0 saturated heterocycles. The van der Waals surface area contributed by atoms with Crippen LogP contribution in [0.3, 0.4) is 0 Å². The van der Waals surface area contributed by atoms with Gasteiger partial charge in [0.15, 0.2) is 6.10 Å². The lowest BCUT2D eigenvalue weighted by atomic mass is 10.0. The zero-order valence-corrected chi connectivity index (χ0v) is 15.5. The van der Waals surface area contributed by atoms with E-state index in [0.29, 0.717) is 24.5 Å². The van der Waals surface area contributed by atoms with Crippen LogP contribution < -0.4 is 0 Å². The molecule has 1 fully saturated rings. The van der Waals surface area contributed by atoms with Crippen molar-refractivity contribution in [2.45, 2.75) is 31.9 Å². The SMILES string of the molecule is O=C(C1CC1)N(Cc1ccc(F)cc1)CC1CC(c2ccc(Cl)cc2)=NO1. The Bertz CT molecular complexity index is 847. The van der Waals surface area contributed by atoms with Gasteiger partial charge in [0.25, 0.3) is 0 Å². The predicted molar refractivity (Wildman–Crippen MR) is 102 cm³/mol. The minimum Gasteiger partial charge on any atom is -0.390 e. The van der Waals surface area contributed by atoms with Gasteiger partial charge in [0.1, 0.15) is 5.82 Å². The van der Waals surface area contributed by atoms with Gasteiger partial charge in [-0.2, -0.15) is 0 Å². The summed E-state index contributed by atoms with van der Waals surface area (Å²) in [5.41, 5.74) is 2.74. The second-order valence-corrected chi connectivity index (χ2v) is 7.53. The molecular weight excluding hydrogens is 367 g/mol. The van der Waals surface area contributed by atoms with Crippen molar-refractivity contribution in [3.05, 3.63) is 70.5 Å². The quantitative estimate of drug-likeness (QED) is 0.737. The first-order chi connectivity index (χ1) is 13.1. The number of benzene rings is 2. The van der Waals surface area contributed by atoms with Crippen LogP contribution >= 0.6 is 11.6 Å². The second kappa shape index (κ2) is 7.69. The van der Waals surface area contributed by atoms with Crippen molar-refractivity contribution in [1.29, 1.82) is 0 Å². The van der Waals surface area contributed by atoms with E-state index >= 15 is 0 Å². The second-order valence-electron chi connectivity index (χ2n) is 7.10. The molecule has 1 aliphatic heterocycles. The third-order valence-electron chi connectivity index (χ3n) is 4.86. The first-order valence-electron chi connectivity index (χ1n) is 9.10. The average molecular weight is 387 g/mol. The van der Waals surface area contributed by atoms with E-state index in [1.165, 1.54) is 12.1 Å². The van der Waals surface area contributed by atoms with E-state index in [0.717, 1.165) is 29.7 Å². The molecule has 1 unspecified atom stereocenters. The molecular formula is C21H20ClFN2O2. The molecule has 4 nitrogen and oxygen atoms in total. The molecule has 27 heavy (non-hydrogen) atoms. The van der Waals surface area contributed by atoms with Gasteiger partial charge in [0.05, 0.1) is 12.3 Å². The van der Waals surface area contributed by atoms with Crippen LogP contribution in [0.2, 0.25) is 5.02 Å². The van der Waals surface area contributed by atoms with E-state index in [4.69, 9.17) is 16.4 Å². The number of nitrogens with zero attached hydrogens (tertiary/aromatic N) is 2. The van der Waals surface area contributed by atoms with Crippen molar-refractivity contribution in [3.8, 4) is 0 Å². The Morgan fingerprint density at radius 3 is 2.52 bits per heavy atom. The van der Waals surface area contributed by atoms with Crippen LogP contribution in [-0.2, 0) is 16.2 Å². The Kier molecular flexibility index (Phi) is 5.12. The molecule has 0 spiro atoms. The summed E-state index contributed by atoms with van der Waals surface area (Å²) in [5.74, 6) is -0.0228. The molecule has 2 aromatic carbocycles. The largest absolute Gasteiger partial charge is 0.390 e. The van der Waals surface area contributed by atoms with Crippen molar-refractivity contribution >= 4 is 23.2 Å². The average Bonchev–Trinajstić information content (AvgIpc) is 3.42. The van der Waals surface area contributed by atoms with E-state index in [2.05, 4.69) is 5.16 Å². The fourth-order valence-corrected chi connectivity index (χ4v) is 3.34. The van der Waals surface area contributed by atoms with Crippen LogP contribution in [0.25, 0.3) is 0 Å². The lowest BCUT2D eigenvalue weighted by molar-refractivity contribution is -0.135. The van der Waals surface area contributed by atoms with E-state index in [1.54, 1.807) is 12.1 Å². The molecule has 0 N–H and O–H groups in total. The van der Waals surface area contributed by atoms with Crippen LogP contribution in [0.1, 0.15) is 30.4 Å². The number of carbonyl (C=O) groups excluding carboxylic acids is 1. The Morgan fingerprint density at radius 2 is 1.85 bits per heavy atom. The molecule has 2 aliphatic rings. The van der Waals surface area contributed by atoms with Crippen molar-refractivity contribution in [1.82, 2.24) is 4.90 Å². The van der Waals surface area contributed by atoms with Gasteiger partial charge in [-0.15, -0.1) is 0 Å². The van der Waals surface area contributed by atoms with Crippen molar-refractivity contribution in [2.24, 2.45) is 11.1 Å². The summed E-state index contributed by atoms with van der Waals surface area (Å²) in [6.07, 6.45) is 2.34. The number of hydrogen-bond donors (Lipinski definition) is 0. The topological polar surface area (TPSA) is 41.9 Å². The number of carbonyl (C=O) groups is 1. The van der Waals surface area contributed by atoms with Gasteiger partial charge >= 0.3 is 0 Å². The Morgan fingerprint density at radius 1 is 1.15 bits per heavy atom. The fraction of sp³-hybridized carbons (Fsp3) is 0.333. The van der Waals surface area contributed by atoms with E-state index in [-0.39, 0.29) is 23.7 Å². The number of oxime groups is 1. The van der Waals surface area contributed by atoms with Crippen LogP contribution in [0.4, 0.5) is 4.39 Å². The minimum absolute atomic E-state index is 0.114. The maximum Gasteiger partial charge on any atom is 0.226 e. The van der Waals surface area contributed by atoms with Crippen molar-refractivity contribution in [3.63, 3.8) is 0 Å². The number of rotatable bonds is 6. The van der Waals surface area contributed by atoms with Gasteiger partial charge in [-0.3, -0.25) is 4.79 Å². The van der Waals surface area contributed by atoms with Gasteiger partial charge in [-0.05, 0) is 48.2 Å². The van der Waals surface area contributed by atoms with Crippen LogP contribution in [0.5, 0.6) is 0 Å². The Balaban J connectivity index is 1.42. The molecule has 1 saturated carbocycles. The van der Waals surface area contributed by atoms with Gasteiger partial charge < -0.3 is 9.74 Å².